The van der Waals surface area contributed by atoms with Crippen LogP contribution in [0.25, 0.3) is 0 Å². The lowest BCUT2D eigenvalue weighted by atomic mass is 9.91. The summed E-state index contributed by atoms with van der Waals surface area (Å²) < 4.78 is 0. The number of nitrogens with one attached hydrogen (secondary N) is 2. The summed E-state index contributed by atoms with van der Waals surface area (Å²) in [5.41, 5.74) is 3.82. The van der Waals surface area contributed by atoms with Crippen molar-refractivity contribution < 1.29 is 4.92 Å². The number of anilines is 3. The quantitative estimate of drug-likeness (QED) is 0.163. The van der Waals surface area contributed by atoms with E-state index in [2.05, 4.69) is 32.7 Å². The number of aromatic nitrogens is 2. The van der Waals surface area contributed by atoms with Crippen molar-refractivity contribution in [3.8, 4) is 6.07 Å². The van der Waals surface area contributed by atoms with Crippen LogP contribution in [0.3, 0.4) is 0 Å². The third-order valence-corrected chi connectivity index (χ3v) is 6.95. The molecule has 0 fully saturated rings. The summed E-state index contributed by atoms with van der Waals surface area (Å²) in [4.78, 5) is 19.7. The van der Waals surface area contributed by atoms with Crippen LogP contribution < -0.4 is 10.6 Å². The average Bonchev–Trinajstić information content (AvgIpc) is 2.89. The number of rotatable bonds is 9. The molecule has 0 radical (unpaired) electrons. The van der Waals surface area contributed by atoms with Gasteiger partial charge in [-0.25, -0.2) is 9.97 Å². The molecule has 1 aromatic heterocycles. The number of nitriles is 1. The lowest BCUT2D eigenvalue weighted by Crippen LogP contribution is -2.10. The first-order valence-electron chi connectivity index (χ1n) is 12.0. The molecule has 1 atom stereocenters. The Hall–Kier alpha value is -3.67. The Morgan fingerprint density at radius 2 is 1.92 bits per heavy atom. The monoisotopic (exact) mass is 536 g/mol. The minimum absolute atomic E-state index is 0.0563. The van der Waals surface area contributed by atoms with Gasteiger partial charge >= 0.3 is 5.69 Å². The topological polar surface area (TPSA) is 117 Å². The van der Waals surface area contributed by atoms with Crippen LogP contribution in [0.4, 0.5) is 23.0 Å². The van der Waals surface area contributed by atoms with E-state index < -0.39 is 10.8 Å². The van der Waals surface area contributed by atoms with Crippen LogP contribution >= 0.6 is 23.2 Å². The van der Waals surface area contributed by atoms with Gasteiger partial charge in [0, 0.05) is 22.3 Å². The minimum Gasteiger partial charge on any atom is -0.364 e. The fraction of sp³-hybridized carbons (Fsp3) is 0.296. The highest BCUT2D eigenvalue weighted by Gasteiger charge is 2.24. The summed E-state index contributed by atoms with van der Waals surface area (Å²) >= 11 is 12.6. The standard InChI is InChI=1S/C27H26Cl2N6O2/c1-17-13-21(22(15-30)19-7-9-20(28)10-8-19)23(29)14-24(17)34-27-25(35(36)37)26(32-16-33-27)31-12-11-18-5-3-2-4-6-18/h5,7-10,13-14,16,22H,2-4,6,11-12H2,1H3,(H2,31,32,33,34). The molecule has 1 heterocycles. The van der Waals surface area contributed by atoms with Crippen molar-refractivity contribution >= 4 is 46.2 Å². The summed E-state index contributed by atoms with van der Waals surface area (Å²) in [5, 5.41) is 28.9. The molecule has 8 nitrogen and oxygen atoms in total. The zero-order chi connectivity index (χ0) is 26.4. The first-order valence-corrected chi connectivity index (χ1v) is 12.8. The first kappa shape index (κ1) is 26.4. The van der Waals surface area contributed by atoms with E-state index in [-0.39, 0.29) is 17.3 Å². The molecule has 2 aromatic carbocycles. The second-order valence-corrected chi connectivity index (χ2v) is 9.73. The third-order valence-electron chi connectivity index (χ3n) is 6.37. The smallest absolute Gasteiger partial charge is 0.353 e. The van der Waals surface area contributed by atoms with E-state index in [1.807, 2.05) is 6.92 Å². The van der Waals surface area contributed by atoms with E-state index >= 15 is 0 Å². The number of aryl methyl sites for hydroxylation is 1. The van der Waals surface area contributed by atoms with Crippen LogP contribution in [-0.4, -0.2) is 21.4 Å². The zero-order valence-electron chi connectivity index (χ0n) is 20.3. The van der Waals surface area contributed by atoms with Gasteiger partial charge in [0.2, 0.25) is 11.6 Å². The second-order valence-electron chi connectivity index (χ2n) is 8.89. The molecule has 0 spiro atoms. The number of nitrogens with zero attached hydrogens (tertiary/aromatic N) is 4. The Morgan fingerprint density at radius 3 is 2.59 bits per heavy atom. The highest BCUT2D eigenvalue weighted by atomic mass is 35.5. The molecule has 4 rings (SSSR count). The van der Waals surface area contributed by atoms with Crippen molar-refractivity contribution in [3.63, 3.8) is 0 Å². The normalized spacial score (nSPS) is 13.8. The largest absolute Gasteiger partial charge is 0.364 e. The molecule has 0 saturated carbocycles. The fourth-order valence-electron chi connectivity index (χ4n) is 4.41. The molecule has 190 valence electrons. The molecular weight excluding hydrogens is 511 g/mol. The fourth-order valence-corrected chi connectivity index (χ4v) is 4.81. The molecule has 0 amide bonds. The molecule has 1 unspecified atom stereocenters. The first-order chi connectivity index (χ1) is 17.9. The van der Waals surface area contributed by atoms with Gasteiger partial charge in [-0.05, 0) is 73.9 Å². The van der Waals surface area contributed by atoms with Crippen molar-refractivity contribution in [2.75, 3.05) is 17.2 Å². The Labute approximate surface area is 225 Å². The van der Waals surface area contributed by atoms with Gasteiger partial charge in [-0.2, -0.15) is 5.26 Å². The summed E-state index contributed by atoms with van der Waals surface area (Å²) in [6.07, 6.45) is 8.91. The maximum absolute atomic E-state index is 12.0. The zero-order valence-corrected chi connectivity index (χ0v) is 21.8. The van der Waals surface area contributed by atoms with Gasteiger partial charge in [-0.1, -0.05) is 53.1 Å². The Balaban J connectivity index is 1.57. The highest BCUT2D eigenvalue weighted by Crippen LogP contribution is 2.37. The molecule has 1 aliphatic rings. The van der Waals surface area contributed by atoms with Gasteiger partial charge < -0.3 is 10.6 Å². The van der Waals surface area contributed by atoms with Crippen molar-refractivity contribution in [1.29, 1.82) is 5.26 Å². The van der Waals surface area contributed by atoms with Gasteiger partial charge in [0.1, 0.15) is 6.33 Å². The van der Waals surface area contributed by atoms with Crippen LogP contribution in [0.15, 0.2) is 54.4 Å². The second kappa shape index (κ2) is 12.0. The van der Waals surface area contributed by atoms with Gasteiger partial charge in [-0.15, -0.1) is 0 Å². The lowest BCUT2D eigenvalue weighted by Gasteiger charge is -2.17. The summed E-state index contributed by atoms with van der Waals surface area (Å²) in [6, 6.07) is 12.8. The minimum atomic E-state index is -0.596. The predicted octanol–water partition coefficient (Wildman–Crippen LogP) is 7.70. The van der Waals surface area contributed by atoms with Crippen LogP contribution in [0.1, 0.15) is 54.7 Å². The Kier molecular flexibility index (Phi) is 8.59. The third kappa shape index (κ3) is 6.37. The lowest BCUT2D eigenvalue weighted by molar-refractivity contribution is -0.383. The molecule has 1 aliphatic carbocycles. The van der Waals surface area contributed by atoms with E-state index in [1.54, 1.807) is 36.4 Å². The molecular formula is C27H26Cl2N6O2. The van der Waals surface area contributed by atoms with Crippen LogP contribution in [0.2, 0.25) is 10.0 Å². The van der Waals surface area contributed by atoms with E-state index in [0.29, 0.717) is 27.8 Å². The summed E-state index contributed by atoms with van der Waals surface area (Å²) in [6.45, 7) is 2.38. The molecule has 37 heavy (non-hydrogen) atoms. The number of nitro groups is 1. The summed E-state index contributed by atoms with van der Waals surface area (Å²) in [7, 11) is 0. The molecule has 0 saturated heterocycles. The highest BCUT2D eigenvalue weighted by molar-refractivity contribution is 6.32. The maximum atomic E-state index is 12.0. The molecule has 2 N–H and O–H groups in total. The Morgan fingerprint density at radius 1 is 1.16 bits per heavy atom. The number of hydrogen-bond donors (Lipinski definition) is 2. The van der Waals surface area contributed by atoms with Crippen molar-refractivity contribution in [3.05, 3.63) is 91.2 Å². The number of halogens is 2. The molecule has 10 heteroatoms. The molecule has 0 aliphatic heterocycles. The molecule has 0 bridgehead atoms. The Bertz CT molecular complexity index is 1370. The van der Waals surface area contributed by atoms with Crippen LogP contribution in [0, 0.1) is 28.4 Å². The van der Waals surface area contributed by atoms with E-state index in [9.17, 15) is 15.4 Å². The van der Waals surface area contributed by atoms with Gasteiger partial charge in [-0.3, -0.25) is 10.1 Å². The van der Waals surface area contributed by atoms with Crippen molar-refractivity contribution in [1.82, 2.24) is 9.97 Å². The summed E-state index contributed by atoms with van der Waals surface area (Å²) in [5.74, 6) is -0.381. The van der Waals surface area contributed by atoms with E-state index in [1.165, 1.54) is 24.7 Å². The maximum Gasteiger partial charge on any atom is 0.353 e. The molecule has 3 aromatic rings. The number of benzene rings is 2. The number of hydrogen-bond acceptors (Lipinski definition) is 7. The van der Waals surface area contributed by atoms with Crippen molar-refractivity contribution in [2.45, 2.75) is 44.9 Å². The van der Waals surface area contributed by atoms with E-state index in [0.717, 1.165) is 30.4 Å². The van der Waals surface area contributed by atoms with Gasteiger partial charge in [0.05, 0.1) is 16.9 Å². The van der Waals surface area contributed by atoms with Crippen LogP contribution in [0.5, 0.6) is 0 Å². The SMILES string of the molecule is Cc1cc(C(C#N)c2ccc(Cl)cc2)c(Cl)cc1Nc1ncnc(NCCC2=CCCCC2)c1[N+](=O)[O-]. The number of allylic oxidation sites excluding steroid dienone is 1. The van der Waals surface area contributed by atoms with Gasteiger partial charge in [0.25, 0.3) is 0 Å². The average molecular weight is 537 g/mol. The predicted molar refractivity (Wildman–Crippen MR) is 147 cm³/mol. The van der Waals surface area contributed by atoms with E-state index in [4.69, 9.17) is 23.2 Å². The van der Waals surface area contributed by atoms with Crippen LogP contribution in [-0.2, 0) is 0 Å². The van der Waals surface area contributed by atoms with Gasteiger partial charge in [0.15, 0.2) is 0 Å². The van der Waals surface area contributed by atoms with Crippen molar-refractivity contribution in [2.24, 2.45) is 0 Å².